The van der Waals surface area contributed by atoms with Crippen molar-refractivity contribution in [1.82, 2.24) is 18.7 Å². The predicted molar refractivity (Wildman–Crippen MR) is 145 cm³/mol. The molecule has 0 bridgehead atoms. The number of benzene rings is 2. The van der Waals surface area contributed by atoms with E-state index in [4.69, 9.17) is 0 Å². The lowest BCUT2D eigenvalue weighted by Gasteiger charge is -2.13. The molecule has 8 heteroatoms. The minimum Gasteiger partial charge on any atom is -0.341 e. The molecule has 0 saturated carbocycles. The molecule has 5 aromatic rings. The molecule has 0 aliphatic rings. The Labute approximate surface area is 213 Å². The Morgan fingerprint density at radius 2 is 1.70 bits per heavy atom. The third-order valence-corrected chi connectivity index (χ3v) is 6.31. The number of hydrogen-bond acceptors (Lipinski definition) is 4. The third-order valence-electron chi connectivity index (χ3n) is 6.31. The van der Waals surface area contributed by atoms with E-state index in [1.54, 1.807) is 22.9 Å². The van der Waals surface area contributed by atoms with E-state index in [0.717, 1.165) is 21.4 Å². The molecule has 3 aromatic heterocycles. The molecular formula is C29H28FN5O2. The Morgan fingerprint density at radius 1 is 0.973 bits per heavy atom. The molecule has 0 radical (unpaired) electrons. The summed E-state index contributed by atoms with van der Waals surface area (Å²) in [6.45, 7) is 4.99. The average Bonchev–Trinajstić information content (AvgIpc) is 3.25. The van der Waals surface area contributed by atoms with Crippen LogP contribution in [0.4, 0.5) is 15.9 Å². The van der Waals surface area contributed by atoms with Gasteiger partial charge in [0.25, 0.3) is 5.56 Å². The van der Waals surface area contributed by atoms with Gasteiger partial charge in [-0.05, 0) is 47.9 Å². The Bertz CT molecular complexity index is 1670. The second kappa shape index (κ2) is 9.89. The van der Waals surface area contributed by atoms with Crippen molar-refractivity contribution >= 4 is 22.4 Å². The number of nitrogens with zero attached hydrogens (tertiary/aromatic N) is 4. The lowest BCUT2D eigenvalue weighted by molar-refractivity contribution is 0.502. The molecule has 0 atom stereocenters. The summed E-state index contributed by atoms with van der Waals surface area (Å²) in [5, 5.41) is 3.72. The van der Waals surface area contributed by atoms with E-state index in [0.29, 0.717) is 35.5 Å². The van der Waals surface area contributed by atoms with E-state index in [-0.39, 0.29) is 23.0 Å². The maximum absolute atomic E-state index is 13.5. The molecule has 2 aromatic carbocycles. The van der Waals surface area contributed by atoms with Crippen LogP contribution in [-0.2, 0) is 20.1 Å². The minimum atomic E-state index is -0.381. The molecule has 0 spiro atoms. The molecule has 0 aliphatic heterocycles. The normalized spacial score (nSPS) is 11.4. The zero-order valence-electron chi connectivity index (χ0n) is 21.0. The molecule has 7 nitrogen and oxygen atoms in total. The number of aromatic nitrogens is 4. The second-order valence-corrected chi connectivity index (χ2v) is 9.56. The molecule has 5 rings (SSSR count). The molecule has 1 N–H and O–H groups in total. The van der Waals surface area contributed by atoms with Crippen molar-refractivity contribution in [2.24, 2.45) is 13.0 Å². The van der Waals surface area contributed by atoms with Crippen LogP contribution < -0.4 is 16.6 Å². The quantitative estimate of drug-likeness (QED) is 0.338. The summed E-state index contributed by atoms with van der Waals surface area (Å²) >= 11 is 0. The van der Waals surface area contributed by atoms with Gasteiger partial charge in [0.05, 0.1) is 11.2 Å². The first kappa shape index (κ1) is 24.2. The van der Waals surface area contributed by atoms with Gasteiger partial charge in [0.15, 0.2) is 0 Å². The fraction of sp³-hybridized carbons (Fsp3) is 0.207. The Kier molecular flexibility index (Phi) is 6.48. The fourth-order valence-electron chi connectivity index (χ4n) is 4.48. The number of hydrogen-bond donors (Lipinski definition) is 1. The number of pyridine rings is 1. The first-order valence-electron chi connectivity index (χ1n) is 12.2. The summed E-state index contributed by atoms with van der Waals surface area (Å²) < 4.78 is 18.3. The first-order chi connectivity index (χ1) is 17.8. The van der Waals surface area contributed by atoms with E-state index in [1.165, 1.54) is 19.2 Å². The van der Waals surface area contributed by atoms with Gasteiger partial charge in [0, 0.05) is 43.8 Å². The second-order valence-electron chi connectivity index (χ2n) is 9.56. The SMILES string of the molecule is CC(C)Cn1c(=O)n(C)c(=O)c2c(Nc3ccc(F)cc3)n(Cc3ccc(-c4ccccn4)cc3)cc21. The number of nitrogens with one attached hydrogen (secondary N) is 1. The molecule has 0 aliphatic carbocycles. The van der Waals surface area contributed by atoms with E-state index in [1.807, 2.05) is 67.1 Å². The van der Waals surface area contributed by atoms with Crippen LogP contribution in [-0.4, -0.2) is 18.7 Å². The molecule has 0 saturated heterocycles. The summed E-state index contributed by atoms with van der Waals surface area (Å²) in [5.41, 5.74) is 3.38. The van der Waals surface area contributed by atoms with Gasteiger partial charge >= 0.3 is 5.69 Å². The van der Waals surface area contributed by atoms with E-state index >= 15 is 0 Å². The lowest BCUT2D eigenvalue weighted by atomic mass is 10.1. The van der Waals surface area contributed by atoms with Crippen LogP contribution in [0.15, 0.2) is 88.7 Å². The molecule has 188 valence electrons. The highest BCUT2D eigenvalue weighted by molar-refractivity contribution is 5.92. The number of halogens is 1. The Balaban J connectivity index is 1.64. The Hall–Kier alpha value is -4.46. The smallest absolute Gasteiger partial charge is 0.331 e. The van der Waals surface area contributed by atoms with Crippen molar-refractivity contribution in [2.45, 2.75) is 26.9 Å². The van der Waals surface area contributed by atoms with Crippen LogP contribution in [0, 0.1) is 11.7 Å². The van der Waals surface area contributed by atoms with E-state index in [2.05, 4.69) is 10.3 Å². The molecule has 3 heterocycles. The van der Waals surface area contributed by atoms with Crippen LogP contribution in [0.25, 0.3) is 22.2 Å². The number of anilines is 2. The fourth-order valence-corrected chi connectivity index (χ4v) is 4.48. The highest BCUT2D eigenvalue weighted by Crippen LogP contribution is 2.28. The van der Waals surface area contributed by atoms with Crippen LogP contribution in [0.1, 0.15) is 19.4 Å². The van der Waals surface area contributed by atoms with Gasteiger partial charge in [-0.1, -0.05) is 44.2 Å². The van der Waals surface area contributed by atoms with Crippen LogP contribution in [0.5, 0.6) is 0 Å². The molecule has 0 fully saturated rings. The lowest BCUT2D eigenvalue weighted by Crippen LogP contribution is -2.38. The van der Waals surface area contributed by atoms with Gasteiger partial charge < -0.3 is 9.88 Å². The van der Waals surface area contributed by atoms with Crippen LogP contribution in [0.3, 0.4) is 0 Å². The first-order valence-corrected chi connectivity index (χ1v) is 12.2. The van der Waals surface area contributed by atoms with E-state index < -0.39 is 0 Å². The van der Waals surface area contributed by atoms with Crippen molar-refractivity contribution < 1.29 is 4.39 Å². The van der Waals surface area contributed by atoms with Gasteiger partial charge in [-0.2, -0.15) is 0 Å². The van der Waals surface area contributed by atoms with Crippen LogP contribution in [0.2, 0.25) is 0 Å². The van der Waals surface area contributed by atoms with Gasteiger partial charge in [-0.25, -0.2) is 9.18 Å². The zero-order chi connectivity index (χ0) is 26.1. The third kappa shape index (κ3) is 4.82. The van der Waals surface area contributed by atoms with Crippen molar-refractivity contribution in [3.05, 3.63) is 111 Å². The molecule has 37 heavy (non-hydrogen) atoms. The van der Waals surface area contributed by atoms with Gasteiger partial charge in [-0.3, -0.25) is 18.9 Å². The number of fused-ring (bicyclic) bond motifs is 1. The largest absolute Gasteiger partial charge is 0.341 e. The highest BCUT2D eigenvalue weighted by Gasteiger charge is 2.20. The molecule has 0 unspecified atom stereocenters. The number of rotatable bonds is 7. The average molecular weight is 498 g/mol. The summed E-state index contributed by atoms with van der Waals surface area (Å²) in [4.78, 5) is 30.8. The van der Waals surface area contributed by atoms with Crippen LogP contribution >= 0.6 is 0 Å². The topological polar surface area (TPSA) is 73.8 Å². The zero-order valence-corrected chi connectivity index (χ0v) is 21.0. The Morgan fingerprint density at radius 3 is 2.35 bits per heavy atom. The summed E-state index contributed by atoms with van der Waals surface area (Å²) in [5.74, 6) is 0.406. The van der Waals surface area contributed by atoms with Gasteiger partial charge in [0.2, 0.25) is 0 Å². The van der Waals surface area contributed by atoms with E-state index in [9.17, 15) is 14.0 Å². The monoisotopic (exact) mass is 497 g/mol. The van der Waals surface area contributed by atoms with Gasteiger partial charge in [0.1, 0.15) is 17.0 Å². The van der Waals surface area contributed by atoms with Gasteiger partial charge in [-0.15, -0.1) is 0 Å². The molecular weight excluding hydrogens is 469 g/mol. The summed E-state index contributed by atoms with van der Waals surface area (Å²) in [6, 6.07) is 19.8. The minimum absolute atomic E-state index is 0.203. The van der Waals surface area contributed by atoms with Crippen molar-refractivity contribution in [3.8, 4) is 11.3 Å². The van der Waals surface area contributed by atoms with Crippen molar-refractivity contribution in [2.75, 3.05) is 5.32 Å². The standard InChI is InChI=1S/C29H28FN5O2/c1-19(2)16-35-25-18-34(17-20-7-9-21(10-8-20)24-6-4-5-15-31-24)27(26(25)28(36)33(3)29(35)37)32-23-13-11-22(30)12-14-23/h4-15,18-19,32H,16-17H2,1-3H3. The molecule has 0 amide bonds. The highest BCUT2D eigenvalue weighted by atomic mass is 19.1. The van der Waals surface area contributed by atoms with Crippen molar-refractivity contribution in [1.29, 1.82) is 0 Å². The maximum atomic E-state index is 13.5. The van der Waals surface area contributed by atoms with Crippen molar-refractivity contribution in [3.63, 3.8) is 0 Å². The summed E-state index contributed by atoms with van der Waals surface area (Å²) in [6.07, 6.45) is 3.61. The summed E-state index contributed by atoms with van der Waals surface area (Å²) in [7, 11) is 1.50. The maximum Gasteiger partial charge on any atom is 0.331 e. The predicted octanol–water partition coefficient (Wildman–Crippen LogP) is 5.15.